The maximum Gasteiger partial charge on any atom is 0.0609 e. The summed E-state index contributed by atoms with van der Waals surface area (Å²) in [6.07, 6.45) is 6.08. The van der Waals surface area contributed by atoms with Crippen LogP contribution in [-0.4, -0.2) is 43.1 Å². The summed E-state index contributed by atoms with van der Waals surface area (Å²) in [5, 5.41) is 0.694. The minimum Gasteiger partial charge on any atom is -0.371 e. The summed E-state index contributed by atoms with van der Waals surface area (Å²) >= 11 is 5.94. The smallest absolute Gasteiger partial charge is 0.0609 e. The second kappa shape index (κ2) is 6.80. The molecular formula is C12H20Cl3N3. The highest BCUT2D eigenvalue weighted by Crippen LogP contribution is 2.41. The van der Waals surface area contributed by atoms with Crippen molar-refractivity contribution in [2.45, 2.75) is 18.4 Å². The van der Waals surface area contributed by atoms with Crippen molar-refractivity contribution >= 4 is 42.1 Å². The quantitative estimate of drug-likeness (QED) is 0.851. The van der Waals surface area contributed by atoms with Crippen molar-refractivity contribution in [1.29, 1.82) is 0 Å². The van der Waals surface area contributed by atoms with Gasteiger partial charge in [-0.25, -0.2) is 0 Å². The van der Waals surface area contributed by atoms with Crippen molar-refractivity contribution < 1.29 is 0 Å². The normalized spacial score (nSPS) is 15.6. The SMILES string of the molecule is CN(CC1(N(C)C)CC1)c1cncc(Cl)c1.Cl.Cl. The van der Waals surface area contributed by atoms with E-state index in [0.29, 0.717) is 10.6 Å². The van der Waals surface area contributed by atoms with Gasteiger partial charge in [0.25, 0.3) is 0 Å². The number of anilines is 1. The second-order valence-corrected chi connectivity index (χ2v) is 5.27. The molecule has 0 radical (unpaired) electrons. The number of hydrogen-bond donors (Lipinski definition) is 0. The van der Waals surface area contributed by atoms with Gasteiger partial charge in [-0.3, -0.25) is 4.98 Å². The predicted molar refractivity (Wildman–Crippen MR) is 82.7 cm³/mol. The second-order valence-electron chi connectivity index (χ2n) is 4.84. The van der Waals surface area contributed by atoms with E-state index >= 15 is 0 Å². The van der Waals surface area contributed by atoms with Gasteiger partial charge in [-0.05, 0) is 33.0 Å². The Morgan fingerprint density at radius 2 is 1.83 bits per heavy atom. The molecule has 0 saturated heterocycles. The average molecular weight is 313 g/mol. The van der Waals surface area contributed by atoms with Crippen molar-refractivity contribution in [3.8, 4) is 0 Å². The molecule has 0 atom stereocenters. The highest BCUT2D eigenvalue weighted by Gasteiger charge is 2.45. The Morgan fingerprint density at radius 3 is 2.28 bits per heavy atom. The van der Waals surface area contributed by atoms with Gasteiger partial charge < -0.3 is 9.80 Å². The van der Waals surface area contributed by atoms with Crippen molar-refractivity contribution in [1.82, 2.24) is 9.88 Å². The maximum absolute atomic E-state index is 5.94. The van der Waals surface area contributed by atoms with Crippen molar-refractivity contribution in [3.05, 3.63) is 23.5 Å². The van der Waals surface area contributed by atoms with E-state index in [-0.39, 0.29) is 24.8 Å². The van der Waals surface area contributed by atoms with Crippen LogP contribution in [0.5, 0.6) is 0 Å². The zero-order valence-corrected chi connectivity index (χ0v) is 13.3. The molecule has 2 rings (SSSR count). The third-order valence-corrected chi connectivity index (χ3v) is 3.65. The van der Waals surface area contributed by atoms with Crippen LogP contribution in [0, 0.1) is 0 Å². The Balaban J connectivity index is 0.00000144. The van der Waals surface area contributed by atoms with Crippen LogP contribution < -0.4 is 4.90 Å². The number of nitrogens with zero attached hydrogens (tertiary/aromatic N) is 3. The molecule has 0 aromatic carbocycles. The number of halogens is 3. The van der Waals surface area contributed by atoms with E-state index in [1.807, 2.05) is 12.3 Å². The molecule has 3 nitrogen and oxygen atoms in total. The maximum atomic E-state index is 5.94. The Labute approximate surface area is 126 Å². The molecule has 0 amide bonds. The largest absolute Gasteiger partial charge is 0.371 e. The molecule has 0 spiro atoms. The van der Waals surface area contributed by atoms with E-state index in [9.17, 15) is 0 Å². The number of likely N-dealkylation sites (N-methyl/N-ethyl adjacent to an activating group) is 2. The highest BCUT2D eigenvalue weighted by atomic mass is 35.5. The monoisotopic (exact) mass is 311 g/mol. The van der Waals surface area contributed by atoms with Crippen LogP contribution in [0.4, 0.5) is 5.69 Å². The van der Waals surface area contributed by atoms with Gasteiger partial charge in [0.1, 0.15) is 0 Å². The Morgan fingerprint density at radius 1 is 1.22 bits per heavy atom. The Kier molecular flexibility index (Phi) is 6.72. The topological polar surface area (TPSA) is 19.4 Å². The number of aromatic nitrogens is 1. The molecule has 0 bridgehead atoms. The Hall–Kier alpha value is -0.220. The standard InChI is InChI=1S/C12H18ClN3.2ClH/c1-15(2)12(4-5-12)9-16(3)11-6-10(13)7-14-8-11;;/h6-8H,4-5,9H2,1-3H3;2*1H. The third kappa shape index (κ3) is 3.89. The molecule has 1 fully saturated rings. The molecular weight excluding hydrogens is 293 g/mol. The van der Waals surface area contributed by atoms with E-state index in [2.05, 4.69) is 35.9 Å². The highest BCUT2D eigenvalue weighted by molar-refractivity contribution is 6.30. The summed E-state index contributed by atoms with van der Waals surface area (Å²) in [5.74, 6) is 0. The molecule has 1 heterocycles. The van der Waals surface area contributed by atoms with Gasteiger partial charge in [0.2, 0.25) is 0 Å². The van der Waals surface area contributed by atoms with Crippen LogP contribution in [0.3, 0.4) is 0 Å². The summed E-state index contributed by atoms with van der Waals surface area (Å²) in [7, 11) is 6.39. The summed E-state index contributed by atoms with van der Waals surface area (Å²) in [4.78, 5) is 8.66. The first-order valence-electron chi connectivity index (χ1n) is 5.53. The zero-order chi connectivity index (χ0) is 11.8. The minimum absolute atomic E-state index is 0. The molecule has 1 aromatic heterocycles. The van der Waals surface area contributed by atoms with E-state index in [0.717, 1.165) is 12.2 Å². The van der Waals surface area contributed by atoms with Crippen LogP contribution in [0.25, 0.3) is 0 Å². The fraction of sp³-hybridized carbons (Fsp3) is 0.583. The van der Waals surface area contributed by atoms with Crippen LogP contribution in [0.2, 0.25) is 5.02 Å². The van der Waals surface area contributed by atoms with Gasteiger partial charge >= 0.3 is 0 Å². The first-order valence-corrected chi connectivity index (χ1v) is 5.90. The average Bonchev–Trinajstić information content (AvgIpc) is 2.99. The van der Waals surface area contributed by atoms with Crippen molar-refractivity contribution in [3.63, 3.8) is 0 Å². The summed E-state index contributed by atoms with van der Waals surface area (Å²) < 4.78 is 0. The molecule has 1 saturated carbocycles. The molecule has 18 heavy (non-hydrogen) atoms. The van der Waals surface area contributed by atoms with Crippen LogP contribution in [-0.2, 0) is 0 Å². The van der Waals surface area contributed by atoms with E-state index in [1.165, 1.54) is 12.8 Å². The predicted octanol–water partition coefficient (Wildman–Crippen LogP) is 3.11. The van der Waals surface area contributed by atoms with Gasteiger partial charge in [-0.15, -0.1) is 24.8 Å². The third-order valence-electron chi connectivity index (χ3n) is 3.44. The summed E-state index contributed by atoms with van der Waals surface area (Å²) in [6.45, 7) is 1.03. The van der Waals surface area contributed by atoms with Gasteiger partial charge in [-0.2, -0.15) is 0 Å². The number of rotatable bonds is 4. The molecule has 1 aromatic rings. The zero-order valence-electron chi connectivity index (χ0n) is 10.9. The first-order chi connectivity index (χ1) is 7.53. The van der Waals surface area contributed by atoms with Crippen molar-refractivity contribution in [2.75, 3.05) is 32.6 Å². The lowest BCUT2D eigenvalue weighted by molar-refractivity contribution is 0.276. The van der Waals surface area contributed by atoms with E-state index in [1.54, 1.807) is 6.20 Å². The molecule has 1 aliphatic rings. The summed E-state index contributed by atoms with van der Waals surface area (Å²) in [5.41, 5.74) is 1.44. The molecule has 104 valence electrons. The van der Waals surface area contributed by atoms with Crippen LogP contribution in [0.15, 0.2) is 18.5 Å². The van der Waals surface area contributed by atoms with Gasteiger partial charge in [0, 0.05) is 25.3 Å². The Bertz CT molecular complexity index is 381. The lowest BCUT2D eigenvalue weighted by atomic mass is 10.2. The number of pyridine rings is 1. The molecule has 0 aliphatic heterocycles. The van der Waals surface area contributed by atoms with Crippen molar-refractivity contribution in [2.24, 2.45) is 0 Å². The molecule has 0 unspecified atom stereocenters. The number of hydrogen-bond acceptors (Lipinski definition) is 3. The fourth-order valence-electron chi connectivity index (χ4n) is 2.03. The van der Waals surface area contributed by atoms with Crippen LogP contribution in [0.1, 0.15) is 12.8 Å². The molecule has 0 N–H and O–H groups in total. The van der Waals surface area contributed by atoms with Crippen LogP contribution >= 0.6 is 36.4 Å². The van der Waals surface area contributed by atoms with Gasteiger partial charge in [0.15, 0.2) is 0 Å². The van der Waals surface area contributed by atoms with Gasteiger partial charge in [0.05, 0.1) is 16.9 Å². The summed E-state index contributed by atoms with van der Waals surface area (Å²) in [6, 6.07) is 1.96. The molecule has 6 heteroatoms. The lowest BCUT2D eigenvalue weighted by Crippen LogP contribution is -2.41. The van der Waals surface area contributed by atoms with E-state index < -0.39 is 0 Å². The van der Waals surface area contributed by atoms with Gasteiger partial charge in [-0.1, -0.05) is 11.6 Å². The molecule has 1 aliphatic carbocycles. The minimum atomic E-state index is 0. The first kappa shape index (κ1) is 17.8. The van der Waals surface area contributed by atoms with E-state index in [4.69, 9.17) is 11.6 Å². The lowest BCUT2D eigenvalue weighted by Gasteiger charge is -2.30. The fourth-order valence-corrected chi connectivity index (χ4v) is 2.20.